The fourth-order valence-corrected chi connectivity index (χ4v) is 1.04. The maximum Gasteiger partial charge on any atom is 0.222 e. The first-order chi connectivity index (χ1) is 6.49. The second-order valence-electron chi connectivity index (χ2n) is 3.49. The Bertz CT molecular complexity index is 202. The van der Waals surface area contributed by atoms with Crippen LogP contribution in [0.15, 0.2) is 0 Å². The number of likely N-dealkylation sites (tertiary alicyclic amines) is 1. The Morgan fingerprint density at radius 3 is 2.14 bits per heavy atom. The summed E-state index contributed by atoms with van der Waals surface area (Å²) >= 11 is 0. The highest BCUT2D eigenvalue weighted by atomic mass is 16.2. The van der Waals surface area contributed by atoms with Crippen LogP contribution < -0.4 is 0 Å². The van der Waals surface area contributed by atoms with Crippen LogP contribution in [0, 0.1) is 0 Å². The Hall–Kier alpha value is -1.06. The monoisotopic (exact) mass is 200 g/mol. The molecule has 0 N–H and O–H groups in total. The molecule has 2 amide bonds. The van der Waals surface area contributed by atoms with Crippen LogP contribution >= 0.6 is 0 Å². The van der Waals surface area contributed by atoms with Gasteiger partial charge in [-0.3, -0.25) is 9.59 Å². The van der Waals surface area contributed by atoms with Gasteiger partial charge >= 0.3 is 0 Å². The summed E-state index contributed by atoms with van der Waals surface area (Å²) in [5.74, 6) is 0.419. The normalized spacial score (nSPS) is 14.9. The molecule has 1 heterocycles. The van der Waals surface area contributed by atoms with Crippen LogP contribution in [0.1, 0.15) is 26.7 Å². The summed E-state index contributed by atoms with van der Waals surface area (Å²) in [6, 6.07) is 0. The van der Waals surface area contributed by atoms with Gasteiger partial charge in [0.1, 0.15) is 0 Å². The van der Waals surface area contributed by atoms with E-state index >= 15 is 0 Å². The molecule has 4 nitrogen and oxygen atoms in total. The van der Waals surface area contributed by atoms with Gasteiger partial charge in [-0.1, -0.05) is 0 Å². The first-order valence-corrected chi connectivity index (χ1v) is 4.94. The molecule has 82 valence electrons. The van der Waals surface area contributed by atoms with Gasteiger partial charge in [0, 0.05) is 40.5 Å². The quantitative estimate of drug-likeness (QED) is 0.626. The van der Waals surface area contributed by atoms with Gasteiger partial charge in [-0.15, -0.1) is 0 Å². The first-order valence-electron chi connectivity index (χ1n) is 4.94. The molecule has 0 aromatic carbocycles. The highest BCUT2D eigenvalue weighted by Gasteiger charge is 2.16. The van der Waals surface area contributed by atoms with Gasteiger partial charge < -0.3 is 9.80 Å². The van der Waals surface area contributed by atoms with Crippen molar-refractivity contribution in [2.45, 2.75) is 26.7 Å². The zero-order chi connectivity index (χ0) is 11.1. The smallest absolute Gasteiger partial charge is 0.222 e. The van der Waals surface area contributed by atoms with Crippen molar-refractivity contribution in [3.63, 3.8) is 0 Å². The molecule has 0 aromatic heterocycles. The van der Waals surface area contributed by atoms with E-state index in [-0.39, 0.29) is 5.91 Å². The van der Waals surface area contributed by atoms with E-state index in [0.717, 1.165) is 25.9 Å². The molecule has 1 saturated heterocycles. The molecule has 0 aromatic rings. The Morgan fingerprint density at radius 2 is 2.00 bits per heavy atom. The molecule has 4 heteroatoms. The lowest BCUT2D eigenvalue weighted by atomic mass is 10.4. The third-order valence-electron chi connectivity index (χ3n) is 2.18. The highest BCUT2D eigenvalue weighted by Crippen LogP contribution is 2.07. The molecule has 0 aliphatic carbocycles. The fourth-order valence-electron chi connectivity index (χ4n) is 1.04. The van der Waals surface area contributed by atoms with Gasteiger partial charge in [0.2, 0.25) is 11.8 Å². The fraction of sp³-hybridized carbons (Fsp3) is 0.800. The summed E-state index contributed by atoms with van der Waals surface area (Å²) in [6.45, 7) is 5.41. The molecule has 0 atom stereocenters. The van der Waals surface area contributed by atoms with Crippen molar-refractivity contribution in [1.29, 1.82) is 0 Å². The standard InChI is InChI=1S/C6H11NO.C4H9NO/c1-2-7-5-3-4-6(7)8;1-4(6)5(2)3/h2-5H2,1H3;1-3H3. The number of hydrogen-bond acceptors (Lipinski definition) is 2. The topological polar surface area (TPSA) is 40.6 Å². The van der Waals surface area contributed by atoms with E-state index in [1.54, 1.807) is 14.1 Å². The second kappa shape index (κ2) is 6.40. The molecule has 1 aliphatic heterocycles. The van der Waals surface area contributed by atoms with E-state index in [2.05, 4.69) is 0 Å². The van der Waals surface area contributed by atoms with Crippen LogP contribution in [0.5, 0.6) is 0 Å². The van der Waals surface area contributed by atoms with Crippen molar-refractivity contribution in [3.05, 3.63) is 0 Å². The van der Waals surface area contributed by atoms with Crippen LogP contribution in [0.4, 0.5) is 0 Å². The van der Waals surface area contributed by atoms with Crippen molar-refractivity contribution in [1.82, 2.24) is 9.80 Å². The van der Waals surface area contributed by atoms with Crippen LogP contribution in [-0.2, 0) is 9.59 Å². The number of hydrogen-bond donors (Lipinski definition) is 0. The average Bonchev–Trinajstić information content (AvgIpc) is 2.51. The van der Waals surface area contributed by atoms with Crippen LogP contribution in [-0.4, -0.2) is 48.8 Å². The minimum atomic E-state index is 0.0926. The predicted octanol–water partition coefficient (Wildman–Crippen LogP) is 0.723. The van der Waals surface area contributed by atoms with E-state index < -0.39 is 0 Å². The van der Waals surface area contributed by atoms with E-state index in [1.807, 2.05) is 11.8 Å². The van der Waals surface area contributed by atoms with Crippen LogP contribution in [0.3, 0.4) is 0 Å². The van der Waals surface area contributed by atoms with Crippen LogP contribution in [0.2, 0.25) is 0 Å². The summed E-state index contributed by atoms with van der Waals surface area (Å²) in [7, 11) is 3.45. The molecule has 14 heavy (non-hydrogen) atoms. The number of carbonyl (C=O) groups is 2. The third-order valence-corrected chi connectivity index (χ3v) is 2.18. The van der Waals surface area contributed by atoms with Gasteiger partial charge in [0.15, 0.2) is 0 Å². The summed E-state index contributed by atoms with van der Waals surface area (Å²) in [5.41, 5.74) is 0. The summed E-state index contributed by atoms with van der Waals surface area (Å²) < 4.78 is 0. The van der Waals surface area contributed by atoms with Crippen LogP contribution in [0.25, 0.3) is 0 Å². The zero-order valence-electron chi connectivity index (χ0n) is 9.54. The minimum Gasteiger partial charge on any atom is -0.349 e. The second-order valence-corrected chi connectivity index (χ2v) is 3.49. The molecule has 1 fully saturated rings. The maximum atomic E-state index is 10.7. The molecule has 0 bridgehead atoms. The van der Waals surface area contributed by atoms with Gasteiger partial charge in [0.05, 0.1) is 0 Å². The van der Waals surface area contributed by atoms with Gasteiger partial charge in [-0.2, -0.15) is 0 Å². The molecule has 0 saturated carbocycles. The molecule has 0 radical (unpaired) electrons. The van der Waals surface area contributed by atoms with Crippen molar-refractivity contribution in [2.24, 2.45) is 0 Å². The lowest BCUT2D eigenvalue weighted by Crippen LogP contribution is -2.23. The molecule has 1 rings (SSSR count). The zero-order valence-corrected chi connectivity index (χ0v) is 9.54. The summed E-state index contributed by atoms with van der Waals surface area (Å²) in [6.07, 6.45) is 1.83. The molecule has 0 spiro atoms. The molecule has 1 aliphatic rings. The molecule has 0 unspecified atom stereocenters. The van der Waals surface area contributed by atoms with Crippen molar-refractivity contribution < 1.29 is 9.59 Å². The van der Waals surface area contributed by atoms with E-state index in [0.29, 0.717) is 5.91 Å². The van der Waals surface area contributed by atoms with E-state index in [1.165, 1.54) is 11.8 Å². The Kier molecular flexibility index (Phi) is 5.92. The number of rotatable bonds is 1. The van der Waals surface area contributed by atoms with Crippen molar-refractivity contribution in [3.8, 4) is 0 Å². The molecular formula is C10H20N2O2. The van der Waals surface area contributed by atoms with Crippen molar-refractivity contribution >= 4 is 11.8 Å². The lowest BCUT2D eigenvalue weighted by molar-refractivity contribution is -0.127. The number of nitrogens with zero attached hydrogens (tertiary/aromatic N) is 2. The van der Waals surface area contributed by atoms with Crippen molar-refractivity contribution in [2.75, 3.05) is 27.2 Å². The Morgan fingerprint density at radius 1 is 1.50 bits per heavy atom. The predicted molar refractivity (Wildman–Crippen MR) is 55.9 cm³/mol. The summed E-state index contributed by atoms with van der Waals surface area (Å²) in [5, 5.41) is 0. The van der Waals surface area contributed by atoms with E-state index in [9.17, 15) is 9.59 Å². The minimum absolute atomic E-state index is 0.0926. The first kappa shape index (κ1) is 12.9. The Balaban J connectivity index is 0.000000255. The lowest BCUT2D eigenvalue weighted by Gasteiger charge is -2.10. The SMILES string of the molecule is CC(=O)N(C)C.CCN1CCCC1=O. The number of carbonyl (C=O) groups excluding carboxylic acids is 2. The molecular weight excluding hydrogens is 180 g/mol. The number of amides is 2. The van der Waals surface area contributed by atoms with Gasteiger partial charge in [-0.05, 0) is 13.3 Å². The van der Waals surface area contributed by atoms with E-state index in [4.69, 9.17) is 0 Å². The largest absolute Gasteiger partial charge is 0.349 e. The van der Waals surface area contributed by atoms with Gasteiger partial charge in [0.25, 0.3) is 0 Å². The maximum absolute atomic E-state index is 10.7. The van der Waals surface area contributed by atoms with Gasteiger partial charge in [-0.25, -0.2) is 0 Å². The Labute approximate surface area is 85.9 Å². The average molecular weight is 200 g/mol. The third kappa shape index (κ3) is 4.84. The summed E-state index contributed by atoms with van der Waals surface area (Å²) in [4.78, 5) is 24.2. The highest BCUT2D eigenvalue weighted by molar-refractivity contribution is 5.77.